The molecule has 2 nitrogen and oxygen atoms in total. The maximum absolute atomic E-state index is 12.1. The minimum absolute atomic E-state index is 0.103. The van der Waals surface area contributed by atoms with Crippen LogP contribution in [0.1, 0.15) is 32.1 Å². The number of alkyl halides is 3. The molecule has 0 amide bonds. The fraction of sp³-hybridized carbons (Fsp3) is 1.00. The summed E-state index contributed by atoms with van der Waals surface area (Å²) >= 11 is 0. The molecular weight excluding hydrogens is 205 g/mol. The van der Waals surface area contributed by atoms with Gasteiger partial charge in [-0.15, -0.1) is 0 Å². The molecule has 0 atom stereocenters. The molecule has 0 aliphatic heterocycles. The Morgan fingerprint density at radius 2 is 1.73 bits per heavy atom. The van der Waals surface area contributed by atoms with Gasteiger partial charge in [-0.3, -0.25) is 4.90 Å². The van der Waals surface area contributed by atoms with Crippen molar-refractivity contribution in [3.05, 3.63) is 0 Å². The van der Waals surface area contributed by atoms with Crippen molar-refractivity contribution in [3.8, 4) is 0 Å². The van der Waals surface area contributed by atoms with Crippen LogP contribution in [-0.2, 0) is 0 Å². The lowest BCUT2D eigenvalue weighted by atomic mass is 10.2. The zero-order chi connectivity index (χ0) is 11.3. The first kappa shape index (κ1) is 12.8. The van der Waals surface area contributed by atoms with E-state index in [9.17, 15) is 13.2 Å². The van der Waals surface area contributed by atoms with Crippen molar-refractivity contribution in [2.24, 2.45) is 5.73 Å². The second kappa shape index (κ2) is 5.70. The van der Waals surface area contributed by atoms with Crippen molar-refractivity contribution in [1.29, 1.82) is 0 Å². The highest BCUT2D eigenvalue weighted by atomic mass is 19.4. The van der Waals surface area contributed by atoms with Gasteiger partial charge in [-0.2, -0.15) is 13.2 Å². The van der Waals surface area contributed by atoms with Crippen LogP contribution in [0.2, 0.25) is 0 Å². The number of halogens is 3. The SMILES string of the molecule is NCCN(CCC(F)(F)F)C1CCCC1. The van der Waals surface area contributed by atoms with E-state index in [0.29, 0.717) is 19.1 Å². The standard InChI is InChI=1S/C10H19F3N2/c11-10(12,13)5-7-15(8-6-14)9-3-1-2-4-9/h9H,1-8,14H2. The highest BCUT2D eigenvalue weighted by molar-refractivity contribution is 4.78. The molecule has 5 heteroatoms. The number of hydrogen-bond donors (Lipinski definition) is 1. The molecule has 15 heavy (non-hydrogen) atoms. The van der Waals surface area contributed by atoms with Crippen LogP contribution in [-0.4, -0.2) is 36.8 Å². The topological polar surface area (TPSA) is 29.3 Å². The first-order chi connectivity index (χ1) is 7.03. The summed E-state index contributed by atoms with van der Waals surface area (Å²) in [4.78, 5) is 1.90. The molecule has 0 aromatic rings. The van der Waals surface area contributed by atoms with Crippen molar-refractivity contribution in [1.82, 2.24) is 4.90 Å². The third kappa shape index (κ3) is 4.84. The van der Waals surface area contributed by atoms with E-state index in [-0.39, 0.29) is 6.54 Å². The molecule has 2 N–H and O–H groups in total. The van der Waals surface area contributed by atoms with E-state index in [1.54, 1.807) is 0 Å². The number of rotatable bonds is 5. The van der Waals surface area contributed by atoms with Gasteiger partial charge in [0, 0.05) is 25.7 Å². The van der Waals surface area contributed by atoms with Gasteiger partial charge in [-0.25, -0.2) is 0 Å². The van der Waals surface area contributed by atoms with Crippen LogP contribution in [0.4, 0.5) is 13.2 Å². The van der Waals surface area contributed by atoms with E-state index < -0.39 is 12.6 Å². The molecule has 1 rings (SSSR count). The molecule has 90 valence electrons. The summed E-state index contributed by atoms with van der Waals surface area (Å²) < 4.78 is 36.3. The molecule has 0 radical (unpaired) electrons. The molecule has 1 aliphatic rings. The smallest absolute Gasteiger partial charge is 0.329 e. The Morgan fingerprint density at radius 1 is 1.13 bits per heavy atom. The van der Waals surface area contributed by atoms with E-state index in [2.05, 4.69) is 0 Å². The first-order valence-corrected chi connectivity index (χ1v) is 5.54. The second-order valence-electron chi connectivity index (χ2n) is 4.13. The molecule has 0 bridgehead atoms. The summed E-state index contributed by atoms with van der Waals surface area (Å²) in [5.74, 6) is 0. The zero-order valence-electron chi connectivity index (χ0n) is 8.89. The van der Waals surface area contributed by atoms with Crippen molar-refractivity contribution in [2.75, 3.05) is 19.6 Å². The summed E-state index contributed by atoms with van der Waals surface area (Å²) in [6.07, 6.45) is -0.444. The largest absolute Gasteiger partial charge is 0.390 e. The molecule has 0 unspecified atom stereocenters. The monoisotopic (exact) mass is 224 g/mol. The van der Waals surface area contributed by atoms with Gasteiger partial charge in [0.25, 0.3) is 0 Å². The van der Waals surface area contributed by atoms with Gasteiger partial charge in [-0.1, -0.05) is 12.8 Å². The fourth-order valence-electron chi connectivity index (χ4n) is 2.18. The van der Waals surface area contributed by atoms with Crippen molar-refractivity contribution < 1.29 is 13.2 Å². The van der Waals surface area contributed by atoms with E-state index in [1.165, 1.54) is 0 Å². The van der Waals surface area contributed by atoms with Crippen molar-refractivity contribution in [3.63, 3.8) is 0 Å². The molecule has 1 fully saturated rings. The Hall–Kier alpha value is -0.290. The van der Waals surface area contributed by atoms with Crippen LogP contribution in [0, 0.1) is 0 Å². The Bertz CT molecular complexity index is 176. The van der Waals surface area contributed by atoms with Gasteiger partial charge in [0.15, 0.2) is 0 Å². The lowest BCUT2D eigenvalue weighted by Crippen LogP contribution is -2.39. The van der Waals surface area contributed by atoms with Gasteiger partial charge >= 0.3 is 6.18 Å². The molecule has 0 heterocycles. The summed E-state index contributed by atoms with van der Waals surface area (Å²) in [6, 6.07) is 0.330. The molecule has 0 aromatic carbocycles. The highest BCUT2D eigenvalue weighted by Gasteiger charge is 2.30. The Morgan fingerprint density at radius 3 is 2.20 bits per heavy atom. The van der Waals surface area contributed by atoms with Crippen molar-refractivity contribution >= 4 is 0 Å². The summed E-state index contributed by atoms with van der Waals surface area (Å²) in [5, 5.41) is 0. The van der Waals surface area contributed by atoms with Gasteiger partial charge in [-0.05, 0) is 12.8 Å². The second-order valence-corrected chi connectivity index (χ2v) is 4.13. The van der Waals surface area contributed by atoms with Crippen LogP contribution >= 0.6 is 0 Å². The van der Waals surface area contributed by atoms with Crippen LogP contribution in [0.5, 0.6) is 0 Å². The first-order valence-electron chi connectivity index (χ1n) is 5.54. The lowest BCUT2D eigenvalue weighted by molar-refractivity contribution is -0.139. The third-order valence-corrected chi connectivity index (χ3v) is 2.94. The molecule has 0 aromatic heterocycles. The number of nitrogens with two attached hydrogens (primary N) is 1. The van der Waals surface area contributed by atoms with Gasteiger partial charge in [0.05, 0.1) is 6.42 Å². The van der Waals surface area contributed by atoms with Gasteiger partial charge in [0.2, 0.25) is 0 Å². The normalized spacial score (nSPS) is 19.0. The summed E-state index contributed by atoms with van der Waals surface area (Å²) in [5.41, 5.74) is 5.41. The summed E-state index contributed by atoms with van der Waals surface area (Å²) in [7, 11) is 0. The van der Waals surface area contributed by atoms with Crippen LogP contribution in [0.15, 0.2) is 0 Å². The van der Waals surface area contributed by atoms with Gasteiger partial charge in [0.1, 0.15) is 0 Å². The third-order valence-electron chi connectivity index (χ3n) is 2.94. The fourth-order valence-corrected chi connectivity index (χ4v) is 2.18. The minimum Gasteiger partial charge on any atom is -0.329 e. The van der Waals surface area contributed by atoms with Crippen molar-refractivity contribution in [2.45, 2.75) is 44.3 Å². The van der Waals surface area contributed by atoms with E-state index >= 15 is 0 Å². The average Bonchev–Trinajstić information content (AvgIpc) is 2.63. The molecule has 0 saturated heterocycles. The van der Waals surface area contributed by atoms with Gasteiger partial charge < -0.3 is 5.73 Å². The zero-order valence-corrected chi connectivity index (χ0v) is 8.89. The van der Waals surface area contributed by atoms with E-state index in [0.717, 1.165) is 25.7 Å². The predicted molar refractivity (Wildman–Crippen MR) is 53.6 cm³/mol. The molecule has 1 saturated carbocycles. The van der Waals surface area contributed by atoms with Crippen LogP contribution in [0.25, 0.3) is 0 Å². The molecule has 0 spiro atoms. The van der Waals surface area contributed by atoms with E-state index in [4.69, 9.17) is 5.73 Å². The Balaban J connectivity index is 2.35. The Labute approximate surface area is 88.6 Å². The predicted octanol–water partition coefficient (Wildman–Crippen LogP) is 2.14. The van der Waals surface area contributed by atoms with Crippen LogP contribution < -0.4 is 5.73 Å². The summed E-state index contributed by atoms with van der Waals surface area (Å²) in [6.45, 7) is 1.13. The quantitative estimate of drug-likeness (QED) is 0.775. The van der Waals surface area contributed by atoms with E-state index in [1.807, 2.05) is 4.90 Å². The number of hydrogen-bond acceptors (Lipinski definition) is 2. The average molecular weight is 224 g/mol. The van der Waals surface area contributed by atoms with Crippen LogP contribution in [0.3, 0.4) is 0 Å². The molecular formula is C10H19F3N2. The highest BCUT2D eigenvalue weighted by Crippen LogP contribution is 2.26. The lowest BCUT2D eigenvalue weighted by Gasteiger charge is -2.28. The Kier molecular flexibility index (Phi) is 4.86. The molecule has 1 aliphatic carbocycles. The maximum atomic E-state index is 12.1. The maximum Gasteiger partial charge on any atom is 0.390 e. The number of nitrogens with zero attached hydrogens (tertiary/aromatic N) is 1. The minimum atomic E-state index is -4.05.